The van der Waals surface area contributed by atoms with Crippen molar-refractivity contribution in [1.82, 2.24) is 9.80 Å². The molecule has 0 bridgehead atoms. The molecule has 1 atom stereocenters. The lowest BCUT2D eigenvalue weighted by Gasteiger charge is -2.40. The van der Waals surface area contributed by atoms with Crippen molar-refractivity contribution >= 4 is 17.2 Å². The number of hydrogen-bond donors (Lipinski definition) is 0. The van der Waals surface area contributed by atoms with Gasteiger partial charge in [0.2, 0.25) is 0 Å². The summed E-state index contributed by atoms with van der Waals surface area (Å²) in [5.74, 6) is 2.30. The summed E-state index contributed by atoms with van der Waals surface area (Å²) in [6.07, 6.45) is 3.06. The van der Waals surface area contributed by atoms with Gasteiger partial charge in [0.25, 0.3) is 5.91 Å². The Labute approximate surface area is 205 Å². The maximum Gasteiger partial charge on any atom is 0.254 e. The van der Waals surface area contributed by atoms with Gasteiger partial charge in [0, 0.05) is 25.0 Å². The minimum Gasteiger partial charge on any atom is -0.486 e. The minimum absolute atomic E-state index is 0.126. The molecule has 0 spiro atoms. The summed E-state index contributed by atoms with van der Waals surface area (Å²) in [6.45, 7) is 4.21. The molecule has 0 aliphatic carbocycles. The van der Waals surface area contributed by atoms with E-state index in [0.29, 0.717) is 19.1 Å². The Balaban J connectivity index is 1.25. The number of likely N-dealkylation sites (tertiary alicyclic amines) is 1. The molecule has 6 heteroatoms. The number of benzene rings is 2. The zero-order valence-electron chi connectivity index (χ0n) is 19.7. The third-order valence-electron chi connectivity index (χ3n) is 7.06. The van der Waals surface area contributed by atoms with Crippen LogP contribution in [0.2, 0.25) is 0 Å². The summed E-state index contributed by atoms with van der Waals surface area (Å²) < 4.78 is 11.4. The van der Waals surface area contributed by atoms with Gasteiger partial charge in [0.1, 0.15) is 13.2 Å². The Bertz CT molecular complexity index is 1080. The molecule has 1 amide bonds. The number of likely N-dealkylation sites (N-methyl/N-ethyl adjacent to an activating group) is 1. The summed E-state index contributed by atoms with van der Waals surface area (Å²) in [7, 11) is 1.98. The van der Waals surface area contributed by atoms with Crippen LogP contribution in [0.4, 0.5) is 0 Å². The molecule has 2 aliphatic heterocycles. The van der Waals surface area contributed by atoms with E-state index in [9.17, 15) is 4.79 Å². The zero-order chi connectivity index (χ0) is 23.3. The van der Waals surface area contributed by atoms with Gasteiger partial charge in [-0.25, -0.2) is 0 Å². The SMILES string of the molecule is CN(C(=O)c1ccsc1)C(Cc1ccccc1)C1CCN(Cc2ccc3c(c2)OCCO3)CC1. The minimum atomic E-state index is 0.126. The summed E-state index contributed by atoms with van der Waals surface area (Å²) in [6, 6.07) is 19.0. The lowest BCUT2D eigenvalue weighted by atomic mass is 9.84. The van der Waals surface area contributed by atoms with Gasteiger partial charge in [-0.15, -0.1) is 0 Å². The summed E-state index contributed by atoms with van der Waals surface area (Å²) in [5.41, 5.74) is 3.34. The molecule has 1 aromatic heterocycles. The molecule has 34 heavy (non-hydrogen) atoms. The van der Waals surface area contributed by atoms with E-state index in [0.717, 1.165) is 56.0 Å². The largest absolute Gasteiger partial charge is 0.486 e. The lowest BCUT2D eigenvalue weighted by Crippen LogP contribution is -2.47. The average Bonchev–Trinajstić information content (AvgIpc) is 3.43. The van der Waals surface area contributed by atoms with Crippen LogP contribution in [-0.2, 0) is 13.0 Å². The van der Waals surface area contributed by atoms with Crippen LogP contribution in [0.1, 0.15) is 34.3 Å². The summed E-state index contributed by atoms with van der Waals surface area (Å²) >= 11 is 1.58. The molecule has 3 heterocycles. The number of nitrogens with zero attached hydrogens (tertiary/aromatic N) is 2. The van der Waals surface area contributed by atoms with Crippen LogP contribution in [0.3, 0.4) is 0 Å². The lowest BCUT2D eigenvalue weighted by molar-refractivity contribution is 0.0585. The predicted molar refractivity (Wildman–Crippen MR) is 136 cm³/mol. The molecule has 0 radical (unpaired) electrons. The number of carbonyl (C=O) groups excluding carboxylic acids is 1. The monoisotopic (exact) mass is 476 g/mol. The molecule has 178 valence electrons. The first-order valence-corrected chi connectivity index (χ1v) is 13.1. The molecule has 2 aliphatic rings. The smallest absolute Gasteiger partial charge is 0.254 e. The second kappa shape index (κ2) is 10.6. The maximum absolute atomic E-state index is 13.2. The summed E-state index contributed by atoms with van der Waals surface area (Å²) in [5, 5.41) is 3.93. The Kier molecular flexibility index (Phi) is 7.16. The van der Waals surface area contributed by atoms with Crippen molar-refractivity contribution in [2.45, 2.75) is 31.8 Å². The topological polar surface area (TPSA) is 42.0 Å². The molecule has 1 saturated heterocycles. The van der Waals surface area contributed by atoms with E-state index in [1.807, 2.05) is 34.8 Å². The summed E-state index contributed by atoms with van der Waals surface area (Å²) in [4.78, 5) is 17.7. The van der Waals surface area contributed by atoms with Gasteiger partial charge in [-0.3, -0.25) is 9.69 Å². The first-order chi connectivity index (χ1) is 16.7. The molecule has 5 nitrogen and oxygen atoms in total. The fraction of sp³-hybridized carbons (Fsp3) is 0.393. The molecule has 3 aromatic rings. The molecule has 1 unspecified atom stereocenters. The molecule has 5 rings (SSSR count). The number of fused-ring (bicyclic) bond motifs is 1. The van der Waals surface area contributed by atoms with Gasteiger partial charge in [0.15, 0.2) is 11.5 Å². The van der Waals surface area contributed by atoms with Gasteiger partial charge in [0.05, 0.1) is 5.56 Å². The van der Waals surface area contributed by atoms with Crippen LogP contribution in [-0.4, -0.2) is 55.1 Å². The van der Waals surface area contributed by atoms with Crippen molar-refractivity contribution in [3.63, 3.8) is 0 Å². The maximum atomic E-state index is 13.2. The van der Waals surface area contributed by atoms with Crippen LogP contribution >= 0.6 is 11.3 Å². The quantitative estimate of drug-likeness (QED) is 0.475. The fourth-order valence-corrected chi connectivity index (χ4v) is 5.79. The van der Waals surface area contributed by atoms with E-state index in [4.69, 9.17) is 9.47 Å². The van der Waals surface area contributed by atoms with E-state index in [1.165, 1.54) is 11.1 Å². The van der Waals surface area contributed by atoms with Crippen LogP contribution in [0, 0.1) is 5.92 Å². The second-order valence-corrected chi connectivity index (χ2v) is 10.1. The normalized spacial score (nSPS) is 17.3. The number of amides is 1. The van der Waals surface area contributed by atoms with Gasteiger partial charge in [-0.05, 0) is 73.0 Å². The Morgan fingerprint density at radius 1 is 1.03 bits per heavy atom. The van der Waals surface area contributed by atoms with Crippen molar-refractivity contribution < 1.29 is 14.3 Å². The van der Waals surface area contributed by atoms with Crippen LogP contribution in [0.25, 0.3) is 0 Å². The number of rotatable bonds is 7. The van der Waals surface area contributed by atoms with Crippen LogP contribution in [0.15, 0.2) is 65.4 Å². The van der Waals surface area contributed by atoms with E-state index in [-0.39, 0.29) is 11.9 Å². The van der Waals surface area contributed by atoms with E-state index >= 15 is 0 Å². The highest BCUT2D eigenvalue weighted by atomic mass is 32.1. The Morgan fingerprint density at radius 2 is 1.79 bits per heavy atom. The van der Waals surface area contributed by atoms with Crippen molar-refractivity contribution in [2.75, 3.05) is 33.4 Å². The molecule has 0 saturated carbocycles. The van der Waals surface area contributed by atoms with Gasteiger partial charge >= 0.3 is 0 Å². The van der Waals surface area contributed by atoms with Crippen LogP contribution < -0.4 is 9.47 Å². The second-order valence-electron chi connectivity index (χ2n) is 9.28. The molecular formula is C28H32N2O3S. The molecule has 0 N–H and O–H groups in total. The fourth-order valence-electron chi connectivity index (χ4n) is 5.16. The average molecular weight is 477 g/mol. The molecular weight excluding hydrogens is 444 g/mol. The number of carbonyl (C=O) groups is 1. The molecule has 2 aromatic carbocycles. The highest BCUT2D eigenvalue weighted by Gasteiger charge is 2.32. The standard InChI is InChI=1S/C28H32N2O3S/c1-29(28(31)24-11-16-34-20-24)25(17-21-5-3-2-4-6-21)23-9-12-30(13-10-23)19-22-7-8-26-27(18-22)33-15-14-32-26/h2-8,11,16,18,20,23,25H,9-10,12-15,17,19H2,1H3. The molecule has 1 fully saturated rings. The number of thiophene rings is 1. The predicted octanol–water partition coefficient (Wildman–Crippen LogP) is 5.11. The van der Waals surface area contributed by atoms with Crippen molar-refractivity contribution in [3.05, 3.63) is 82.0 Å². The first kappa shape index (κ1) is 22.9. The highest BCUT2D eigenvalue weighted by molar-refractivity contribution is 7.08. The van der Waals surface area contributed by atoms with Crippen molar-refractivity contribution in [2.24, 2.45) is 5.92 Å². The van der Waals surface area contributed by atoms with Gasteiger partial charge in [-0.2, -0.15) is 11.3 Å². The van der Waals surface area contributed by atoms with E-state index < -0.39 is 0 Å². The van der Waals surface area contributed by atoms with Crippen molar-refractivity contribution in [1.29, 1.82) is 0 Å². The Morgan fingerprint density at radius 3 is 2.53 bits per heavy atom. The number of hydrogen-bond acceptors (Lipinski definition) is 5. The zero-order valence-corrected chi connectivity index (χ0v) is 20.5. The van der Waals surface area contributed by atoms with Crippen molar-refractivity contribution in [3.8, 4) is 11.5 Å². The van der Waals surface area contributed by atoms with E-state index in [2.05, 4.69) is 47.4 Å². The highest BCUT2D eigenvalue weighted by Crippen LogP contribution is 2.32. The Hall–Kier alpha value is -2.83. The van der Waals surface area contributed by atoms with Gasteiger partial charge in [-0.1, -0.05) is 36.4 Å². The third-order valence-corrected chi connectivity index (χ3v) is 7.75. The number of piperidine rings is 1. The third kappa shape index (κ3) is 5.29. The first-order valence-electron chi connectivity index (χ1n) is 12.1. The van der Waals surface area contributed by atoms with E-state index in [1.54, 1.807) is 11.3 Å². The van der Waals surface area contributed by atoms with Gasteiger partial charge < -0.3 is 14.4 Å². The van der Waals surface area contributed by atoms with Crippen LogP contribution in [0.5, 0.6) is 11.5 Å². The number of ether oxygens (including phenoxy) is 2.